The topological polar surface area (TPSA) is 53.7 Å². The molecule has 90 valence electrons. The van der Waals surface area contributed by atoms with Crippen LogP contribution in [-0.4, -0.2) is 27.9 Å². The normalized spacial score (nSPS) is 12.2. The first-order chi connectivity index (χ1) is 7.72. The van der Waals surface area contributed by atoms with Crippen LogP contribution in [0.2, 0.25) is 0 Å². The van der Waals surface area contributed by atoms with Crippen molar-refractivity contribution in [2.75, 3.05) is 27.9 Å². The third-order valence-electron chi connectivity index (χ3n) is 2.47. The van der Waals surface area contributed by atoms with Gasteiger partial charge in [0.2, 0.25) is 0 Å². The van der Waals surface area contributed by atoms with Crippen LogP contribution >= 0.6 is 0 Å². The van der Waals surface area contributed by atoms with Crippen molar-refractivity contribution in [2.45, 2.75) is 12.5 Å². The van der Waals surface area contributed by atoms with Crippen molar-refractivity contribution in [3.8, 4) is 11.5 Å². The fourth-order valence-corrected chi connectivity index (χ4v) is 1.49. The Hall–Kier alpha value is -1.26. The molecular weight excluding hydrogens is 206 g/mol. The number of methoxy groups -OCH3 is 3. The van der Waals surface area contributed by atoms with Crippen molar-refractivity contribution in [3.05, 3.63) is 23.8 Å². The Morgan fingerprint density at radius 1 is 1.12 bits per heavy atom. The highest BCUT2D eigenvalue weighted by Gasteiger charge is 2.10. The Morgan fingerprint density at radius 2 is 1.81 bits per heavy atom. The second-order valence-corrected chi connectivity index (χ2v) is 3.50. The molecular formula is C12H19NO3. The summed E-state index contributed by atoms with van der Waals surface area (Å²) in [5, 5.41) is 0. The van der Waals surface area contributed by atoms with Crippen LogP contribution in [0.5, 0.6) is 11.5 Å². The molecule has 0 amide bonds. The molecule has 1 unspecified atom stereocenters. The van der Waals surface area contributed by atoms with Crippen LogP contribution in [0.3, 0.4) is 0 Å². The molecule has 4 heteroatoms. The van der Waals surface area contributed by atoms with Crippen LogP contribution in [0.25, 0.3) is 0 Å². The van der Waals surface area contributed by atoms with Crippen LogP contribution < -0.4 is 15.2 Å². The molecule has 2 N–H and O–H groups in total. The van der Waals surface area contributed by atoms with Gasteiger partial charge in [0.25, 0.3) is 0 Å². The van der Waals surface area contributed by atoms with E-state index in [1.807, 2.05) is 18.2 Å². The number of hydrogen-bond donors (Lipinski definition) is 1. The maximum absolute atomic E-state index is 6.02. The predicted octanol–water partition coefficient (Wildman–Crippen LogP) is 1.74. The Kier molecular flexibility index (Phi) is 5.08. The van der Waals surface area contributed by atoms with Gasteiger partial charge in [-0.2, -0.15) is 0 Å². The van der Waals surface area contributed by atoms with Gasteiger partial charge in [0, 0.05) is 19.8 Å². The minimum Gasteiger partial charge on any atom is -0.493 e. The molecule has 0 aliphatic heterocycles. The summed E-state index contributed by atoms with van der Waals surface area (Å²) in [5.74, 6) is 1.41. The van der Waals surface area contributed by atoms with Gasteiger partial charge in [-0.25, -0.2) is 0 Å². The largest absolute Gasteiger partial charge is 0.493 e. The van der Waals surface area contributed by atoms with E-state index >= 15 is 0 Å². The van der Waals surface area contributed by atoms with Crippen molar-refractivity contribution >= 4 is 0 Å². The number of rotatable bonds is 6. The van der Waals surface area contributed by atoms with Gasteiger partial charge in [-0.05, 0) is 24.1 Å². The molecule has 4 nitrogen and oxygen atoms in total. The van der Waals surface area contributed by atoms with Crippen molar-refractivity contribution in [1.29, 1.82) is 0 Å². The van der Waals surface area contributed by atoms with Crippen molar-refractivity contribution < 1.29 is 14.2 Å². The smallest absolute Gasteiger partial charge is 0.161 e. The molecule has 1 atom stereocenters. The van der Waals surface area contributed by atoms with E-state index in [2.05, 4.69) is 0 Å². The highest BCUT2D eigenvalue weighted by Crippen LogP contribution is 2.30. The standard InChI is InChI=1S/C12H19NO3/c1-14-7-6-10(13)9-4-5-11(15-2)12(8-9)16-3/h4-5,8,10H,6-7,13H2,1-3H3. The third kappa shape index (κ3) is 3.12. The van der Waals surface area contributed by atoms with Crippen molar-refractivity contribution in [3.63, 3.8) is 0 Å². The summed E-state index contributed by atoms with van der Waals surface area (Å²) in [7, 11) is 4.89. The van der Waals surface area contributed by atoms with E-state index < -0.39 is 0 Å². The molecule has 0 fully saturated rings. The van der Waals surface area contributed by atoms with Gasteiger partial charge < -0.3 is 19.9 Å². The maximum atomic E-state index is 6.02. The highest BCUT2D eigenvalue weighted by atomic mass is 16.5. The summed E-state index contributed by atoms with van der Waals surface area (Å²) in [6.45, 7) is 0.648. The van der Waals surface area contributed by atoms with Crippen molar-refractivity contribution in [1.82, 2.24) is 0 Å². The van der Waals surface area contributed by atoms with Gasteiger partial charge in [0.05, 0.1) is 14.2 Å². The molecule has 1 aromatic carbocycles. The number of ether oxygens (including phenoxy) is 3. The molecule has 0 saturated carbocycles. The lowest BCUT2D eigenvalue weighted by Crippen LogP contribution is -2.12. The second kappa shape index (κ2) is 6.35. The minimum atomic E-state index is -0.0419. The molecule has 0 heterocycles. The summed E-state index contributed by atoms with van der Waals surface area (Å²) >= 11 is 0. The lowest BCUT2D eigenvalue weighted by atomic mass is 10.0. The summed E-state index contributed by atoms with van der Waals surface area (Å²) in [6, 6.07) is 5.67. The van der Waals surface area contributed by atoms with E-state index in [0.717, 1.165) is 12.0 Å². The van der Waals surface area contributed by atoms with Crippen LogP contribution in [0.4, 0.5) is 0 Å². The Bertz CT molecular complexity index is 328. The van der Waals surface area contributed by atoms with Crippen LogP contribution in [0.1, 0.15) is 18.0 Å². The average molecular weight is 225 g/mol. The number of nitrogens with two attached hydrogens (primary N) is 1. The van der Waals surface area contributed by atoms with E-state index in [1.165, 1.54) is 0 Å². The molecule has 0 spiro atoms. The molecule has 16 heavy (non-hydrogen) atoms. The molecule has 0 aromatic heterocycles. The Morgan fingerprint density at radius 3 is 2.38 bits per heavy atom. The van der Waals surface area contributed by atoms with E-state index in [1.54, 1.807) is 21.3 Å². The van der Waals surface area contributed by atoms with Crippen LogP contribution in [0.15, 0.2) is 18.2 Å². The molecule has 1 rings (SSSR count). The van der Waals surface area contributed by atoms with Crippen LogP contribution in [0, 0.1) is 0 Å². The third-order valence-corrected chi connectivity index (χ3v) is 2.47. The summed E-state index contributed by atoms with van der Waals surface area (Å²) in [5.41, 5.74) is 7.04. The fourth-order valence-electron chi connectivity index (χ4n) is 1.49. The predicted molar refractivity (Wildman–Crippen MR) is 63.0 cm³/mol. The summed E-state index contributed by atoms with van der Waals surface area (Å²) in [6.07, 6.45) is 0.784. The van der Waals surface area contributed by atoms with Crippen LogP contribution in [-0.2, 0) is 4.74 Å². The number of benzene rings is 1. The fraction of sp³-hybridized carbons (Fsp3) is 0.500. The van der Waals surface area contributed by atoms with E-state index in [0.29, 0.717) is 18.1 Å². The summed E-state index contributed by atoms with van der Waals surface area (Å²) < 4.78 is 15.4. The zero-order chi connectivity index (χ0) is 12.0. The number of hydrogen-bond acceptors (Lipinski definition) is 4. The molecule has 0 aliphatic carbocycles. The zero-order valence-corrected chi connectivity index (χ0v) is 10.0. The monoisotopic (exact) mass is 225 g/mol. The van der Waals surface area contributed by atoms with E-state index in [9.17, 15) is 0 Å². The first-order valence-electron chi connectivity index (χ1n) is 5.19. The quantitative estimate of drug-likeness (QED) is 0.801. The van der Waals surface area contributed by atoms with Gasteiger partial charge in [-0.1, -0.05) is 6.07 Å². The molecule has 0 radical (unpaired) electrons. The molecule has 0 saturated heterocycles. The van der Waals surface area contributed by atoms with Gasteiger partial charge in [0.15, 0.2) is 11.5 Å². The zero-order valence-electron chi connectivity index (χ0n) is 10.0. The first-order valence-corrected chi connectivity index (χ1v) is 5.19. The van der Waals surface area contributed by atoms with E-state index in [4.69, 9.17) is 19.9 Å². The molecule has 0 aliphatic rings. The summed E-state index contributed by atoms with van der Waals surface area (Å²) in [4.78, 5) is 0. The lowest BCUT2D eigenvalue weighted by Gasteiger charge is -2.14. The highest BCUT2D eigenvalue weighted by molar-refractivity contribution is 5.43. The Labute approximate surface area is 96.3 Å². The van der Waals surface area contributed by atoms with Gasteiger partial charge in [-0.15, -0.1) is 0 Å². The maximum Gasteiger partial charge on any atom is 0.161 e. The average Bonchev–Trinajstić information content (AvgIpc) is 2.34. The second-order valence-electron chi connectivity index (χ2n) is 3.50. The lowest BCUT2D eigenvalue weighted by molar-refractivity contribution is 0.188. The van der Waals surface area contributed by atoms with Gasteiger partial charge in [0.1, 0.15) is 0 Å². The van der Waals surface area contributed by atoms with Crippen molar-refractivity contribution in [2.24, 2.45) is 5.73 Å². The molecule has 0 bridgehead atoms. The van der Waals surface area contributed by atoms with E-state index in [-0.39, 0.29) is 6.04 Å². The van der Waals surface area contributed by atoms with Gasteiger partial charge >= 0.3 is 0 Å². The van der Waals surface area contributed by atoms with Gasteiger partial charge in [-0.3, -0.25) is 0 Å². The molecule has 1 aromatic rings. The SMILES string of the molecule is COCCC(N)c1ccc(OC)c(OC)c1. The Balaban J connectivity index is 2.81. The minimum absolute atomic E-state index is 0.0419. The first kappa shape index (κ1) is 12.8.